The van der Waals surface area contributed by atoms with Gasteiger partial charge < -0.3 is 10.2 Å². The van der Waals surface area contributed by atoms with E-state index in [4.69, 9.17) is 11.6 Å². The molecule has 2 aromatic rings. The molecule has 0 spiro atoms. The number of nitrogens with zero attached hydrogens (tertiary/aromatic N) is 3. The summed E-state index contributed by atoms with van der Waals surface area (Å²) in [5, 5.41) is 3.79. The predicted molar refractivity (Wildman–Crippen MR) is 93.5 cm³/mol. The predicted octanol–water partition coefficient (Wildman–Crippen LogP) is 3.97. The van der Waals surface area contributed by atoms with Crippen LogP contribution in [-0.2, 0) is 0 Å². The lowest BCUT2D eigenvalue weighted by molar-refractivity contribution is 0.0766. The number of hydrogen-bond donors (Lipinski definition) is 1. The summed E-state index contributed by atoms with van der Waals surface area (Å²) < 4.78 is 0. The first-order valence-electron chi connectivity index (χ1n) is 7.61. The van der Waals surface area contributed by atoms with Crippen LogP contribution in [0.2, 0.25) is 5.02 Å². The van der Waals surface area contributed by atoms with Crippen LogP contribution in [-0.4, -0.2) is 33.9 Å². The van der Waals surface area contributed by atoms with Crippen LogP contribution in [0, 0.1) is 13.8 Å². The molecule has 0 fully saturated rings. The molecule has 1 amide bonds. The summed E-state index contributed by atoms with van der Waals surface area (Å²) in [4.78, 5) is 22.4. The van der Waals surface area contributed by atoms with Crippen molar-refractivity contribution in [1.29, 1.82) is 0 Å². The highest BCUT2D eigenvalue weighted by Crippen LogP contribution is 2.29. The second kappa shape index (κ2) is 7.42. The molecule has 0 aliphatic heterocycles. The molecule has 6 heteroatoms. The van der Waals surface area contributed by atoms with Gasteiger partial charge in [0.1, 0.15) is 11.5 Å². The van der Waals surface area contributed by atoms with Gasteiger partial charge in [0, 0.05) is 13.1 Å². The van der Waals surface area contributed by atoms with Crippen LogP contribution < -0.4 is 5.32 Å². The summed E-state index contributed by atoms with van der Waals surface area (Å²) in [6.07, 6.45) is 3.03. The summed E-state index contributed by atoms with van der Waals surface area (Å²) in [6.45, 7) is 9.15. The molecule has 1 N–H and O–H groups in total. The highest BCUT2D eigenvalue weighted by atomic mass is 35.5. The van der Waals surface area contributed by atoms with E-state index >= 15 is 0 Å². The minimum Gasteiger partial charge on any atom is -0.338 e. The van der Waals surface area contributed by atoms with Gasteiger partial charge in [-0.25, -0.2) is 9.97 Å². The average molecular weight is 333 g/mol. The van der Waals surface area contributed by atoms with E-state index in [0.717, 1.165) is 16.8 Å². The van der Waals surface area contributed by atoms with E-state index in [2.05, 4.69) is 15.3 Å². The van der Waals surface area contributed by atoms with Gasteiger partial charge in [0.25, 0.3) is 5.91 Å². The third kappa shape index (κ3) is 3.99. The van der Waals surface area contributed by atoms with Crippen molar-refractivity contribution in [2.24, 2.45) is 0 Å². The zero-order chi connectivity index (χ0) is 17.0. The Balaban J connectivity index is 2.19. The standard InChI is InChI=1S/C17H21ClN4O/c1-5-22(6-2)17(23)14-9-20-15(10-19-14)21-16-12(4)7-11(3)8-13(16)18/h7-10H,5-6H2,1-4H3,(H,20,21). The highest BCUT2D eigenvalue weighted by molar-refractivity contribution is 6.33. The first-order chi connectivity index (χ1) is 11.0. The Morgan fingerprint density at radius 2 is 1.87 bits per heavy atom. The second-order valence-corrected chi connectivity index (χ2v) is 5.74. The molecule has 0 saturated heterocycles. The van der Waals surface area contributed by atoms with E-state index in [-0.39, 0.29) is 5.91 Å². The molecule has 1 heterocycles. The van der Waals surface area contributed by atoms with Crippen LogP contribution in [0.1, 0.15) is 35.5 Å². The van der Waals surface area contributed by atoms with E-state index in [9.17, 15) is 4.79 Å². The van der Waals surface area contributed by atoms with Gasteiger partial charge in [-0.05, 0) is 44.9 Å². The van der Waals surface area contributed by atoms with E-state index in [1.54, 1.807) is 11.1 Å². The Labute approximate surface area is 141 Å². The van der Waals surface area contributed by atoms with E-state index in [1.807, 2.05) is 39.8 Å². The monoisotopic (exact) mass is 332 g/mol. The summed E-state index contributed by atoms with van der Waals surface area (Å²) in [6, 6.07) is 3.93. The number of amides is 1. The smallest absolute Gasteiger partial charge is 0.274 e. The molecule has 2 rings (SSSR count). The molecule has 5 nitrogen and oxygen atoms in total. The van der Waals surface area contributed by atoms with Crippen LogP contribution >= 0.6 is 11.6 Å². The summed E-state index contributed by atoms with van der Waals surface area (Å²) in [7, 11) is 0. The van der Waals surface area contributed by atoms with Crippen LogP contribution in [0.4, 0.5) is 11.5 Å². The van der Waals surface area contributed by atoms with Crippen LogP contribution in [0.3, 0.4) is 0 Å². The largest absolute Gasteiger partial charge is 0.338 e. The third-order valence-electron chi connectivity index (χ3n) is 3.61. The maximum Gasteiger partial charge on any atom is 0.274 e. The molecule has 0 aliphatic carbocycles. The molecule has 122 valence electrons. The van der Waals surface area contributed by atoms with E-state index in [0.29, 0.717) is 29.6 Å². The number of halogens is 1. The fourth-order valence-corrected chi connectivity index (χ4v) is 2.75. The van der Waals surface area contributed by atoms with Gasteiger partial charge in [0.05, 0.1) is 23.1 Å². The van der Waals surface area contributed by atoms with Gasteiger partial charge in [-0.15, -0.1) is 0 Å². The quantitative estimate of drug-likeness (QED) is 0.900. The molecule has 0 atom stereocenters. The molecule has 0 bridgehead atoms. The fourth-order valence-electron chi connectivity index (χ4n) is 2.38. The molecule has 0 saturated carbocycles. The maximum atomic E-state index is 12.2. The topological polar surface area (TPSA) is 58.1 Å². The lowest BCUT2D eigenvalue weighted by Crippen LogP contribution is -2.31. The van der Waals surface area contributed by atoms with Gasteiger partial charge in [0.2, 0.25) is 0 Å². The SMILES string of the molecule is CCN(CC)C(=O)c1cnc(Nc2c(C)cc(C)cc2Cl)cn1. The van der Waals surface area contributed by atoms with Gasteiger partial charge in [-0.3, -0.25) is 4.79 Å². The number of rotatable bonds is 5. The van der Waals surface area contributed by atoms with Crippen molar-refractivity contribution in [3.8, 4) is 0 Å². The Morgan fingerprint density at radius 3 is 2.39 bits per heavy atom. The van der Waals surface area contributed by atoms with Crippen molar-refractivity contribution >= 4 is 29.0 Å². The lowest BCUT2D eigenvalue weighted by Gasteiger charge is -2.18. The Morgan fingerprint density at radius 1 is 1.17 bits per heavy atom. The van der Waals surface area contributed by atoms with Gasteiger partial charge >= 0.3 is 0 Å². The number of nitrogens with one attached hydrogen (secondary N) is 1. The highest BCUT2D eigenvalue weighted by Gasteiger charge is 2.14. The minimum absolute atomic E-state index is 0.112. The Kier molecular flexibility index (Phi) is 5.55. The van der Waals surface area contributed by atoms with Crippen molar-refractivity contribution < 1.29 is 4.79 Å². The van der Waals surface area contributed by atoms with Crippen LogP contribution in [0.5, 0.6) is 0 Å². The molecular formula is C17H21ClN4O. The first-order valence-corrected chi connectivity index (χ1v) is 7.99. The minimum atomic E-state index is -0.112. The number of benzene rings is 1. The lowest BCUT2D eigenvalue weighted by atomic mass is 10.1. The molecule has 0 unspecified atom stereocenters. The first kappa shape index (κ1) is 17.2. The summed E-state index contributed by atoms with van der Waals surface area (Å²) >= 11 is 6.27. The fraction of sp³-hybridized carbons (Fsp3) is 0.353. The molecule has 23 heavy (non-hydrogen) atoms. The molecule has 1 aromatic carbocycles. The van der Waals surface area contributed by atoms with Crippen molar-refractivity contribution in [3.63, 3.8) is 0 Å². The number of carbonyl (C=O) groups excluding carboxylic acids is 1. The van der Waals surface area contributed by atoms with Crippen LogP contribution in [0.15, 0.2) is 24.5 Å². The van der Waals surface area contributed by atoms with Crippen molar-refractivity contribution in [3.05, 3.63) is 46.4 Å². The second-order valence-electron chi connectivity index (χ2n) is 5.33. The average Bonchev–Trinajstić information content (AvgIpc) is 2.52. The number of aromatic nitrogens is 2. The van der Waals surface area contributed by atoms with Gasteiger partial charge in [0.15, 0.2) is 0 Å². The summed E-state index contributed by atoms with van der Waals surface area (Å²) in [5.74, 6) is 0.438. The van der Waals surface area contributed by atoms with Crippen LogP contribution in [0.25, 0.3) is 0 Å². The Hall–Kier alpha value is -2.14. The number of anilines is 2. The summed E-state index contributed by atoms with van der Waals surface area (Å²) in [5.41, 5.74) is 3.27. The van der Waals surface area contributed by atoms with Crippen molar-refractivity contribution in [2.45, 2.75) is 27.7 Å². The normalized spacial score (nSPS) is 10.5. The van der Waals surface area contributed by atoms with Crippen molar-refractivity contribution in [1.82, 2.24) is 14.9 Å². The molecule has 0 aliphatic rings. The maximum absolute atomic E-state index is 12.2. The molecule has 1 aromatic heterocycles. The molecular weight excluding hydrogens is 312 g/mol. The number of carbonyl (C=O) groups is 1. The zero-order valence-electron chi connectivity index (χ0n) is 13.9. The Bertz CT molecular complexity index is 673. The van der Waals surface area contributed by atoms with Gasteiger partial charge in [-0.1, -0.05) is 17.7 Å². The number of hydrogen-bond acceptors (Lipinski definition) is 4. The van der Waals surface area contributed by atoms with E-state index in [1.165, 1.54) is 6.20 Å². The third-order valence-corrected chi connectivity index (χ3v) is 3.90. The molecule has 0 radical (unpaired) electrons. The number of aryl methyl sites for hydroxylation is 2. The van der Waals surface area contributed by atoms with Gasteiger partial charge in [-0.2, -0.15) is 0 Å². The zero-order valence-corrected chi connectivity index (χ0v) is 14.6. The van der Waals surface area contributed by atoms with E-state index < -0.39 is 0 Å². The van der Waals surface area contributed by atoms with Crippen molar-refractivity contribution in [2.75, 3.05) is 18.4 Å².